The number of hydrogen-bond acceptors (Lipinski definition) is 6. The summed E-state index contributed by atoms with van der Waals surface area (Å²) >= 11 is 13.4. The van der Waals surface area contributed by atoms with Crippen molar-refractivity contribution in [2.24, 2.45) is 4.99 Å². The lowest BCUT2D eigenvalue weighted by atomic mass is 10.2. The molecule has 0 N–H and O–H groups in total. The summed E-state index contributed by atoms with van der Waals surface area (Å²) in [5.74, 6) is -0.141. The van der Waals surface area contributed by atoms with E-state index < -0.39 is 17.4 Å². The lowest BCUT2D eigenvalue weighted by Crippen LogP contribution is -2.30. The second-order valence-corrected chi connectivity index (χ2v) is 9.10. The van der Waals surface area contributed by atoms with Gasteiger partial charge in [0.05, 0.1) is 10.6 Å². The van der Waals surface area contributed by atoms with Crippen LogP contribution in [0.2, 0.25) is 10.0 Å². The smallest absolute Gasteiger partial charge is 0.387 e. The van der Waals surface area contributed by atoms with Crippen LogP contribution in [0.25, 0.3) is 6.08 Å². The van der Waals surface area contributed by atoms with Crippen molar-refractivity contribution in [2.45, 2.75) is 12.4 Å². The minimum absolute atomic E-state index is 0.0325. The topological polar surface area (TPSA) is 85.0 Å². The number of halogens is 4. The monoisotopic (exact) mass is 549 g/mol. The number of thioether (sulfide) groups is 1. The number of carbonyl (C=O) groups is 1. The minimum Gasteiger partial charge on any atom is -0.435 e. The molecule has 3 aromatic rings. The number of nitro groups is 1. The maximum atomic E-state index is 13.3. The van der Waals surface area contributed by atoms with Crippen LogP contribution < -0.4 is 9.64 Å². The molecule has 0 atom stereocenters. The summed E-state index contributed by atoms with van der Waals surface area (Å²) in [5.41, 5.74) is 1.78. The van der Waals surface area contributed by atoms with Crippen molar-refractivity contribution >= 4 is 63.5 Å². The third-order valence-electron chi connectivity index (χ3n) is 4.92. The number of hydrogen-bond donors (Lipinski definition) is 0. The second kappa shape index (κ2) is 11.1. The normalized spacial score (nSPS) is 14.5. The number of alkyl halides is 2. The lowest BCUT2D eigenvalue weighted by molar-refractivity contribution is -0.384. The summed E-state index contributed by atoms with van der Waals surface area (Å²) in [5, 5.41) is 12.0. The first kappa shape index (κ1) is 25.6. The van der Waals surface area contributed by atoms with Crippen LogP contribution in [0.4, 0.5) is 20.2 Å². The zero-order valence-corrected chi connectivity index (χ0v) is 20.4. The van der Waals surface area contributed by atoms with Crippen LogP contribution in [0, 0.1) is 10.1 Å². The van der Waals surface area contributed by atoms with Gasteiger partial charge in [-0.15, -0.1) is 0 Å². The highest BCUT2D eigenvalue weighted by Gasteiger charge is 2.32. The molecule has 0 saturated carbocycles. The third-order valence-corrected chi connectivity index (χ3v) is 6.49. The molecule has 0 unspecified atom stereocenters. The van der Waals surface area contributed by atoms with Gasteiger partial charge in [-0.1, -0.05) is 53.2 Å². The Bertz CT molecular complexity index is 1370. The molecule has 0 spiro atoms. The number of amides is 1. The number of anilines is 1. The standard InChI is InChI=1S/C24H15Cl2F2N3O4S/c25-16-4-3-15(20(26)12-16)11-21-22(32)30(17-7-9-19(10-8-17)35-23(27)28)24(29-21)36-13-14-1-5-18(6-2-14)31(33)34/h1-12,23H,13H2. The summed E-state index contributed by atoms with van der Waals surface area (Å²) in [4.78, 5) is 29.6. The van der Waals surface area contributed by atoms with Gasteiger partial charge in [-0.3, -0.25) is 19.8 Å². The van der Waals surface area contributed by atoms with Gasteiger partial charge in [0.1, 0.15) is 11.4 Å². The van der Waals surface area contributed by atoms with Gasteiger partial charge in [0, 0.05) is 27.9 Å². The maximum Gasteiger partial charge on any atom is 0.387 e. The predicted molar refractivity (Wildman–Crippen MR) is 137 cm³/mol. The van der Waals surface area contributed by atoms with Gasteiger partial charge in [-0.2, -0.15) is 8.78 Å². The largest absolute Gasteiger partial charge is 0.435 e. The number of benzene rings is 3. The van der Waals surface area contributed by atoms with Crippen LogP contribution in [-0.4, -0.2) is 22.6 Å². The quantitative estimate of drug-likeness (QED) is 0.177. The number of ether oxygens (including phenoxy) is 1. The van der Waals surface area contributed by atoms with Gasteiger partial charge >= 0.3 is 6.61 Å². The van der Waals surface area contributed by atoms with E-state index in [1.807, 2.05) is 0 Å². The van der Waals surface area contributed by atoms with Crippen LogP contribution in [0.1, 0.15) is 11.1 Å². The summed E-state index contributed by atoms with van der Waals surface area (Å²) in [6, 6.07) is 16.4. The van der Waals surface area contributed by atoms with Gasteiger partial charge in [0.2, 0.25) is 0 Å². The van der Waals surface area contributed by atoms with Gasteiger partial charge in [-0.25, -0.2) is 4.99 Å². The van der Waals surface area contributed by atoms with E-state index in [1.165, 1.54) is 59.1 Å². The average Bonchev–Trinajstić information content (AvgIpc) is 3.14. The van der Waals surface area contributed by atoms with Crippen LogP contribution in [0.3, 0.4) is 0 Å². The fourth-order valence-electron chi connectivity index (χ4n) is 3.23. The highest BCUT2D eigenvalue weighted by atomic mass is 35.5. The van der Waals surface area contributed by atoms with Crippen LogP contribution >= 0.6 is 35.0 Å². The highest BCUT2D eigenvalue weighted by molar-refractivity contribution is 8.13. The van der Waals surface area contributed by atoms with E-state index >= 15 is 0 Å². The molecule has 0 saturated heterocycles. The number of carbonyl (C=O) groups excluding carboxylic acids is 1. The Morgan fingerprint density at radius 3 is 2.39 bits per heavy atom. The first-order valence-corrected chi connectivity index (χ1v) is 12.0. The van der Waals surface area contributed by atoms with E-state index in [4.69, 9.17) is 23.2 Å². The Kier molecular flexibility index (Phi) is 7.88. The predicted octanol–water partition coefficient (Wildman–Crippen LogP) is 7.18. The Labute approximate surface area is 218 Å². The molecule has 36 heavy (non-hydrogen) atoms. The zero-order chi connectivity index (χ0) is 25.8. The molecule has 0 fully saturated rings. The Morgan fingerprint density at radius 2 is 1.78 bits per heavy atom. The van der Waals surface area contributed by atoms with Crippen molar-refractivity contribution in [1.29, 1.82) is 0 Å². The lowest BCUT2D eigenvalue weighted by Gasteiger charge is -2.18. The van der Waals surface area contributed by atoms with E-state index in [0.717, 1.165) is 5.56 Å². The van der Waals surface area contributed by atoms with E-state index in [2.05, 4.69) is 9.73 Å². The SMILES string of the molecule is O=C1C(=Cc2ccc(Cl)cc2Cl)N=C(SCc2ccc([N+](=O)[O-])cc2)N1c1ccc(OC(F)F)cc1. The molecule has 0 bridgehead atoms. The average molecular weight is 550 g/mol. The zero-order valence-electron chi connectivity index (χ0n) is 18.1. The van der Waals surface area contributed by atoms with Crippen LogP contribution in [0.15, 0.2) is 77.4 Å². The van der Waals surface area contributed by atoms with E-state index in [9.17, 15) is 23.7 Å². The van der Waals surface area contributed by atoms with E-state index in [0.29, 0.717) is 32.2 Å². The Balaban J connectivity index is 1.64. The van der Waals surface area contributed by atoms with Crippen molar-refractivity contribution in [3.05, 3.63) is 104 Å². The van der Waals surface area contributed by atoms with Crippen molar-refractivity contribution in [3.63, 3.8) is 0 Å². The molecule has 4 rings (SSSR count). The van der Waals surface area contributed by atoms with E-state index in [-0.39, 0.29) is 17.1 Å². The molecule has 0 aliphatic carbocycles. The van der Waals surface area contributed by atoms with Gasteiger partial charge in [0.15, 0.2) is 5.17 Å². The number of nitro benzene ring substituents is 1. The number of nitrogens with zero attached hydrogens (tertiary/aromatic N) is 3. The van der Waals surface area contributed by atoms with Crippen LogP contribution in [-0.2, 0) is 10.5 Å². The fourth-order valence-corrected chi connectivity index (χ4v) is 4.66. The molecule has 1 aliphatic rings. The van der Waals surface area contributed by atoms with Crippen molar-refractivity contribution in [3.8, 4) is 5.75 Å². The van der Waals surface area contributed by atoms with Crippen molar-refractivity contribution in [2.75, 3.05) is 4.90 Å². The van der Waals surface area contributed by atoms with E-state index in [1.54, 1.807) is 30.3 Å². The first-order chi connectivity index (χ1) is 17.2. The minimum atomic E-state index is -2.97. The Hall–Kier alpha value is -3.47. The first-order valence-electron chi connectivity index (χ1n) is 10.2. The number of non-ortho nitro benzene ring substituents is 1. The third kappa shape index (κ3) is 6.01. The number of aliphatic imine (C=N–C) groups is 1. The van der Waals surface area contributed by atoms with Crippen molar-refractivity contribution < 1.29 is 23.2 Å². The highest BCUT2D eigenvalue weighted by Crippen LogP contribution is 2.33. The molecule has 1 amide bonds. The molecule has 1 aliphatic heterocycles. The van der Waals surface area contributed by atoms with Gasteiger partial charge in [0.25, 0.3) is 11.6 Å². The molecular weight excluding hydrogens is 535 g/mol. The number of rotatable bonds is 7. The number of amidine groups is 1. The molecular formula is C24H15Cl2F2N3O4S. The summed E-state index contributed by atoms with van der Waals surface area (Å²) in [7, 11) is 0. The molecule has 3 aromatic carbocycles. The van der Waals surface area contributed by atoms with Crippen LogP contribution in [0.5, 0.6) is 5.75 Å². The summed E-state index contributed by atoms with van der Waals surface area (Å²) < 4.78 is 29.4. The molecule has 1 heterocycles. The molecule has 0 radical (unpaired) electrons. The van der Waals surface area contributed by atoms with Gasteiger partial charge < -0.3 is 4.74 Å². The fraction of sp³-hybridized carbons (Fsp3) is 0.0833. The molecule has 0 aromatic heterocycles. The Morgan fingerprint density at radius 1 is 1.08 bits per heavy atom. The molecule has 184 valence electrons. The van der Waals surface area contributed by atoms with Crippen molar-refractivity contribution in [1.82, 2.24) is 0 Å². The summed E-state index contributed by atoms with van der Waals surface area (Å²) in [6.45, 7) is -2.97. The second-order valence-electron chi connectivity index (χ2n) is 7.31. The molecule has 12 heteroatoms. The summed E-state index contributed by atoms with van der Waals surface area (Å²) in [6.07, 6.45) is 1.53. The van der Waals surface area contributed by atoms with Gasteiger partial charge in [-0.05, 0) is 53.6 Å². The maximum absolute atomic E-state index is 13.3. The molecule has 7 nitrogen and oxygen atoms in total.